The second-order valence-electron chi connectivity index (χ2n) is 3.46. The van der Waals surface area contributed by atoms with E-state index < -0.39 is 20.9 Å². The van der Waals surface area contributed by atoms with Crippen molar-refractivity contribution in [3.8, 4) is 0 Å². The molecule has 0 spiro atoms. The highest BCUT2D eigenvalue weighted by molar-refractivity contribution is 7.89. The summed E-state index contributed by atoms with van der Waals surface area (Å²) in [4.78, 5) is 0. The van der Waals surface area contributed by atoms with Crippen molar-refractivity contribution in [2.45, 2.75) is 31.5 Å². The van der Waals surface area contributed by atoms with E-state index >= 15 is 0 Å². The van der Waals surface area contributed by atoms with Gasteiger partial charge < -0.3 is 0 Å². The molecule has 0 aromatic heterocycles. The SMILES string of the molecule is BC(F)(F)S(=O)(=O)OC(C)(C)C. The topological polar surface area (TPSA) is 43.4 Å². The lowest BCUT2D eigenvalue weighted by atomic mass is 10.2. The quantitative estimate of drug-likeness (QED) is 0.476. The summed E-state index contributed by atoms with van der Waals surface area (Å²) in [5, 5.41) is -3.85. The summed E-state index contributed by atoms with van der Waals surface area (Å²) in [5.74, 6) is 0. The first kappa shape index (κ1) is 11.8. The highest BCUT2D eigenvalue weighted by Crippen LogP contribution is 2.23. The zero-order chi connectivity index (χ0) is 10.2. The summed E-state index contributed by atoms with van der Waals surface area (Å²) in [7, 11) is -4.50. The van der Waals surface area contributed by atoms with E-state index in [0.29, 0.717) is 0 Å². The van der Waals surface area contributed by atoms with E-state index in [2.05, 4.69) is 4.18 Å². The Labute approximate surface area is 71.6 Å². The Kier molecular flexibility index (Phi) is 2.91. The van der Waals surface area contributed by atoms with Crippen LogP contribution < -0.4 is 0 Å². The maximum atomic E-state index is 12.3. The van der Waals surface area contributed by atoms with E-state index in [1.165, 1.54) is 20.8 Å². The molecule has 72 valence electrons. The molecule has 0 heterocycles. The van der Waals surface area contributed by atoms with Gasteiger partial charge in [0.25, 0.3) is 0 Å². The van der Waals surface area contributed by atoms with Crippen LogP contribution in [0.2, 0.25) is 0 Å². The number of hydrogen-bond acceptors (Lipinski definition) is 3. The first-order valence-electron chi connectivity index (χ1n) is 3.29. The van der Waals surface area contributed by atoms with Gasteiger partial charge in [-0.15, -0.1) is 0 Å². The number of rotatable bonds is 2. The Morgan fingerprint density at radius 1 is 1.25 bits per heavy atom. The van der Waals surface area contributed by atoms with Crippen molar-refractivity contribution in [3.63, 3.8) is 0 Å². The molecule has 12 heavy (non-hydrogen) atoms. The average Bonchev–Trinajstić information content (AvgIpc) is 1.52. The van der Waals surface area contributed by atoms with E-state index in [0.717, 1.165) is 0 Å². The molecule has 0 saturated heterocycles. The van der Waals surface area contributed by atoms with E-state index in [-0.39, 0.29) is 7.85 Å². The number of hydrogen-bond donors (Lipinski definition) is 0. The standard InChI is InChI=1S/C5H11BF2O3S/c1-4(2,3)11-12(9,10)5(6,7)8/h6H2,1-3H3. The van der Waals surface area contributed by atoms with Crippen molar-refractivity contribution in [2.75, 3.05) is 0 Å². The fourth-order valence-corrected chi connectivity index (χ4v) is 1.21. The average molecular weight is 200 g/mol. The van der Waals surface area contributed by atoms with Gasteiger partial charge in [0, 0.05) is 0 Å². The molecule has 0 rings (SSSR count). The second-order valence-corrected chi connectivity index (χ2v) is 5.25. The van der Waals surface area contributed by atoms with Gasteiger partial charge in [-0.1, -0.05) is 0 Å². The van der Waals surface area contributed by atoms with Crippen LogP contribution in [0.1, 0.15) is 20.8 Å². The molecule has 0 aliphatic rings. The minimum absolute atomic E-state index is 0.286. The van der Waals surface area contributed by atoms with Crippen molar-refractivity contribution < 1.29 is 21.4 Å². The zero-order valence-corrected chi connectivity index (χ0v) is 8.21. The van der Waals surface area contributed by atoms with Crippen molar-refractivity contribution in [3.05, 3.63) is 0 Å². The van der Waals surface area contributed by atoms with Gasteiger partial charge >= 0.3 is 15.3 Å². The largest absolute Gasteiger partial charge is 0.325 e. The molecule has 0 radical (unpaired) electrons. The molecule has 0 N–H and O–H groups in total. The number of alkyl halides is 2. The Morgan fingerprint density at radius 2 is 1.58 bits per heavy atom. The molecule has 7 heteroatoms. The lowest BCUT2D eigenvalue weighted by molar-refractivity contribution is 0.0972. The smallest absolute Gasteiger partial charge is 0.260 e. The lowest BCUT2D eigenvalue weighted by Gasteiger charge is -2.21. The predicted octanol–water partition coefficient (Wildman–Crippen LogP) is 0.315. The summed E-state index contributed by atoms with van der Waals surface area (Å²) in [5.41, 5.74) is -1.13. The Morgan fingerprint density at radius 3 is 1.67 bits per heavy atom. The van der Waals surface area contributed by atoms with Crippen LogP contribution in [0.3, 0.4) is 0 Å². The fourth-order valence-electron chi connectivity index (χ4n) is 0.402. The molecule has 0 aliphatic heterocycles. The van der Waals surface area contributed by atoms with Crippen LogP contribution in [-0.4, -0.2) is 27.0 Å². The van der Waals surface area contributed by atoms with Crippen LogP contribution in [0.5, 0.6) is 0 Å². The molecular formula is C5H11BF2O3S. The van der Waals surface area contributed by atoms with Crippen LogP contribution in [0.4, 0.5) is 8.78 Å². The Balaban J connectivity index is 4.70. The highest BCUT2D eigenvalue weighted by atomic mass is 32.2. The van der Waals surface area contributed by atoms with E-state index in [4.69, 9.17) is 0 Å². The molecule has 0 aromatic carbocycles. The Bertz CT molecular complexity index is 249. The minimum atomic E-state index is -4.79. The fraction of sp³-hybridized carbons (Fsp3) is 1.00. The van der Waals surface area contributed by atoms with E-state index in [1.54, 1.807) is 0 Å². The maximum absolute atomic E-state index is 12.3. The predicted molar refractivity (Wildman–Crippen MR) is 43.2 cm³/mol. The van der Waals surface area contributed by atoms with Gasteiger partial charge in [-0.2, -0.15) is 17.2 Å². The van der Waals surface area contributed by atoms with Gasteiger partial charge in [0.2, 0.25) is 7.85 Å². The Hall–Kier alpha value is -0.165. The molecule has 0 amide bonds. The minimum Gasteiger partial charge on any atom is -0.260 e. The second kappa shape index (κ2) is 2.95. The van der Waals surface area contributed by atoms with Gasteiger partial charge in [-0.05, 0) is 20.8 Å². The van der Waals surface area contributed by atoms with Crippen molar-refractivity contribution >= 4 is 18.0 Å². The van der Waals surface area contributed by atoms with Gasteiger partial charge in [0.1, 0.15) is 0 Å². The summed E-state index contributed by atoms with van der Waals surface area (Å²) < 4.78 is 50.2. The van der Waals surface area contributed by atoms with E-state index in [9.17, 15) is 17.2 Å². The zero-order valence-electron chi connectivity index (χ0n) is 7.39. The molecule has 0 fully saturated rings. The molecule has 0 unspecified atom stereocenters. The third-order valence-corrected chi connectivity index (χ3v) is 2.40. The third kappa shape index (κ3) is 3.49. The third-order valence-electron chi connectivity index (χ3n) is 0.799. The first-order valence-corrected chi connectivity index (χ1v) is 4.69. The molecule has 0 aliphatic carbocycles. The lowest BCUT2D eigenvalue weighted by Crippen LogP contribution is -2.36. The highest BCUT2D eigenvalue weighted by Gasteiger charge is 2.42. The normalized spacial score (nSPS) is 14.8. The van der Waals surface area contributed by atoms with Crippen molar-refractivity contribution in [2.24, 2.45) is 0 Å². The molecular weight excluding hydrogens is 189 g/mol. The van der Waals surface area contributed by atoms with Crippen molar-refractivity contribution in [1.29, 1.82) is 0 Å². The van der Waals surface area contributed by atoms with Gasteiger partial charge in [0.15, 0.2) is 0 Å². The van der Waals surface area contributed by atoms with Gasteiger partial charge in [-0.3, -0.25) is 4.18 Å². The summed E-state index contributed by atoms with van der Waals surface area (Å²) in [6.07, 6.45) is 0. The summed E-state index contributed by atoms with van der Waals surface area (Å²) in [6.45, 7) is 4.16. The first-order chi connectivity index (χ1) is 4.96. The van der Waals surface area contributed by atoms with E-state index in [1.807, 2.05) is 0 Å². The van der Waals surface area contributed by atoms with Crippen LogP contribution in [0, 0.1) is 0 Å². The summed E-state index contributed by atoms with van der Waals surface area (Å²) in [6, 6.07) is 0. The van der Waals surface area contributed by atoms with Crippen LogP contribution in [0.15, 0.2) is 0 Å². The number of halogens is 2. The van der Waals surface area contributed by atoms with Crippen molar-refractivity contribution in [1.82, 2.24) is 0 Å². The monoisotopic (exact) mass is 200 g/mol. The molecule has 0 aromatic rings. The molecule has 0 saturated carbocycles. The van der Waals surface area contributed by atoms with Gasteiger partial charge in [-0.25, -0.2) is 0 Å². The molecule has 0 bridgehead atoms. The molecule has 3 nitrogen and oxygen atoms in total. The van der Waals surface area contributed by atoms with Crippen LogP contribution in [-0.2, 0) is 14.3 Å². The van der Waals surface area contributed by atoms with Gasteiger partial charge in [0.05, 0.1) is 5.60 Å². The summed E-state index contributed by atoms with van der Waals surface area (Å²) >= 11 is 0. The van der Waals surface area contributed by atoms with Crippen LogP contribution >= 0.6 is 0 Å². The van der Waals surface area contributed by atoms with Crippen LogP contribution in [0.25, 0.3) is 0 Å². The molecule has 0 atom stereocenters. The maximum Gasteiger partial charge on any atom is 0.325 e.